The zero-order valence-electron chi connectivity index (χ0n) is 21.8. The molecule has 0 spiro atoms. The summed E-state index contributed by atoms with van der Waals surface area (Å²) in [5.74, 6) is -0.964. The summed E-state index contributed by atoms with van der Waals surface area (Å²) >= 11 is 1.02. The van der Waals surface area contributed by atoms with Gasteiger partial charge in [-0.05, 0) is 55.7 Å². The van der Waals surface area contributed by atoms with E-state index in [0.29, 0.717) is 50.0 Å². The third-order valence-corrected chi connectivity index (χ3v) is 10.3. The minimum Gasteiger partial charge on any atom is -0.340 e. The summed E-state index contributed by atoms with van der Waals surface area (Å²) in [4.78, 5) is 66.4. The summed E-state index contributed by atoms with van der Waals surface area (Å²) in [6, 6.07) is 3.01. The van der Waals surface area contributed by atoms with Crippen molar-refractivity contribution in [2.45, 2.75) is 69.0 Å². The minimum atomic E-state index is -5.74. The predicted molar refractivity (Wildman–Crippen MR) is 144 cm³/mol. The van der Waals surface area contributed by atoms with Crippen LogP contribution in [-0.4, -0.2) is 71.5 Å². The molecule has 2 saturated heterocycles. The Kier molecular flexibility index (Phi) is 7.00. The molecule has 3 N–H and O–H groups in total. The summed E-state index contributed by atoms with van der Waals surface area (Å²) in [5, 5.41) is 3.02. The fourth-order valence-corrected chi connectivity index (χ4v) is 7.48. The van der Waals surface area contributed by atoms with E-state index in [0.717, 1.165) is 35.6 Å². The molecule has 3 aliphatic heterocycles. The lowest BCUT2D eigenvalue weighted by Crippen LogP contribution is -2.55. The van der Waals surface area contributed by atoms with E-state index in [4.69, 9.17) is 9.79 Å². The van der Waals surface area contributed by atoms with Crippen LogP contribution in [0.4, 0.5) is 8.78 Å². The first kappa shape index (κ1) is 28.0. The van der Waals surface area contributed by atoms with E-state index < -0.39 is 36.8 Å². The van der Waals surface area contributed by atoms with Crippen molar-refractivity contribution in [3.05, 3.63) is 52.9 Å². The highest BCUT2D eigenvalue weighted by molar-refractivity contribution is 7.52. The Bertz CT molecular complexity index is 1590. The van der Waals surface area contributed by atoms with Gasteiger partial charge in [0.25, 0.3) is 5.91 Å². The molecule has 3 aliphatic rings. The molecule has 1 aromatic carbocycles. The Morgan fingerprint density at radius 1 is 1.12 bits per heavy atom. The smallest absolute Gasteiger partial charge is 0.340 e. The Morgan fingerprint density at radius 3 is 2.71 bits per heavy atom. The first-order valence-electron chi connectivity index (χ1n) is 13.3. The van der Waals surface area contributed by atoms with Crippen LogP contribution in [0.15, 0.2) is 36.8 Å². The SMILES string of the molecule is O=C(N[C@H]1CCC[C@H]2CC[C@@H](C(=O)N3CCn4cncc4C3)N2C1=O)c1cc2cc(C(F)(F)P(=O)(O)O)ccc2s1. The molecule has 218 valence electrons. The van der Waals surface area contributed by atoms with Crippen LogP contribution >= 0.6 is 18.9 Å². The van der Waals surface area contributed by atoms with Crippen LogP contribution in [0.5, 0.6) is 0 Å². The van der Waals surface area contributed by atoms with Crippen molar-refractivity contribution in [3.63, 3.8) is 0 Å². The lowest BCUT2D eigenvalue weighted by atomic mass is 10.1. The zero-order valence-corrected chi connectivity index (χ0v) is 23.5. The third kappa shape index (κ3) is 4.96. The van der Waals surface area contributed by atoms with Crippen molar-refractivity contribution in [2.75, 3.05) is 6.54 Å². The molecule has 5 heterocycles. The Hall–Kier alpha value is -3.19. The second-order valence-corrected chi connectivity index (χ2v) is 13.5. The van der Waals surface area contributed by atoms with Gasteiger partial charge < -0.3 is 29.5 Å². The van der Waals surface area contributed by atoms with E-state index in [9.17, 15) is 27.7 Å². The molecule has 0 unspecified atom stereocenters. The highest BCUT2D eigenvalue weighted by Gasteiger charge is 2.50. The molecule has 11 nitrogen and oxygen atoms in total. The molecule has 0 saturated carbocycles. The maximum atomic E-state index is 14.2. The number of imidazole rings is 1. The number of alkyl halides is 2. The minimum absolute atomic E-state index is 0.0768. The predicted octanol–water partition coefficient (Wildman–Crippen LogP) is 3.01. The highest BCUT2D eigenvalue weighted by atomic mass is 32.1. The fraction of sp³-hybridized carbons (Fsp3) is 0.462. The van der Waals surface area contributed by atoms with Gasteiger partial charge >= 0.3 is 13.3 Å². The van der Waals surface area contributed by atoms with Crippen LogP contribution < -0.4 is 5.32 Å². The molecule has 3 atom stereocenters. The summed E-state index contributed by atoms with van der Waals surface area (Å²) in [7, 11) is -5.74. The second-order valence-electron chi connectivity index (χ2n) is 10.7. The number of hydrogen-bond acceptors (Lipinski definition) is 6. The fourth-order valence-electron chi connectivity index (χ4n) is 6.06. The van der Waals surface area contributed by atoms with Gasteiger partial charge in [0.1, 0.15) is 12.1 Å². The van der Waals surface area contributed by atoms with Crippen LogP contribution in [0.2, 0.25) is 0 Å². The number of benzene rings is 1. The number of nitrogens with zero attached hydrogens (tertiary/aromatic N) is 4. The van der Waals surface area contributed by atoms with Crippen molar-refractivity contribution in [1.82, 2.24) is 24.7 Å². The molecule has 3 aromatic rings. The second kappa shape index (κ2) is 10.3. The molecule has 0 radical (unpaired) electrons. The van der Waals surface area contributed by atoms with E-state index in [-0.39, 0.29) is 28.1 Å². The zero-order chi connectivity index (χ0) is 29.1. The number of hydrogen-bond donors (Lipinski definition) is 3. The van der Waals surface area contributed by atoms with Crippen LogP contribution in [0, 0.1) is 0 Å². The number of carbonyl (C=O) groups excluding carboxylic acids is 3. The number of halogens is 2. The van der Waals surface area contributed by atoms with Gasteiger partial charge in [-0.1, -0.05) is 6.07 Å². The molecule has 15 heteroatoms. The Balaban J connectivity index is 1.18. The highest BCUT2D eigenvalue weighted by Crippen LogP contribution is 2.59. The van der Waals surface area contributed by atoms with Crippen LogP contribution in [-0.2, 0) is 32.9 Å². The number of aromatic nitrogens is 2. The topological polar surface area (TPSA) is 145 Å². The lowest BCUT2D eigenvalue weighted by Gasteiger charge is -2.35. The Labute approximate surface area is 237 Å². The average Bonchev–Trinajstić information content (AvgIpc) is 3.66. The quantitative estimate of drug-likeness (QED) is 0.378. The summed E-state index contributed by atoms with van der Waals surface area (Å²) in [5.41, 5.74) is -4.28. The largest absolute Gasteiger partial charge is 0.399 e. The van der Waals surface area contributed by atoms with Gasteiger partial charge in [-0.15, -0.1) is 11.3 Å². The number of nitrogens with one attached hydrogen (secondary N) is 1. The average molecular weight is 608 g/mol. The van der Waals surface area contributed by atoms with E-state index in [2.05, 4.69) is 10.3 Å². The molecule has 0 bridgehead atoms. The summed E-state index contributed by atoms with van der Waals surface area (Å²) in [6.07, 6.45) is 6.57. The molecular formula is C26H28F2N5O6PS. The molecule has 2 aromatic heterocycles. The van der Waals surface area contributed by atoms with Crippen molar-refractivity contribution in [1.29, 1.82) is 0 Å². The van der Waals surface area contributed by atoms with Gasteiger partial charge in [0, 0.05) is 35.6 Å². The number of fused-ring (bicyclic) bond motifs is 3. The van der Waals surface area contributed by atoms with Gasteiger partial charge in [-0.25, -0.2) is 4.98 Å². The van der Waals surface area contributed by atoms with Gasteiger partial charge in [-0.2, -0.15) is 8.78 Å². The maximum absolute atomic E-state index is 14.2. The van der Waals surface area contributed by atoms with Crippen molar-refractivity contribution >= 4 is 46.7 Å². The van der Waals surface area contributed by atoms with Gasteiger partial charge in [0.15, 0.2) is 0 Å². The van der Waals surface area contributed by atoms with Gasteiger partial charge in [0.2, 0.25) is 11.8 Å². The third-order valence-electron chi connectivity index (χ3n) is 8.20. The van der Waals surface area contributed by atoms with Crippen LogP contribution in [0.1, 0.15) is 53.0 Å². The van der Waals surface area contributed by atoms with Crippen molar-refractivity contribution in [3.8, 4) is 0 Å². The number of rotatable bonds is 5. The molecule has 6 rings (SSSR count). The summed E-state index contributed by atoms with van der Waals surface area (Å²) in [6.45, 7) is 1.59. The first-order chi connectivity index (χ1) is 19.4. The Morgan fingerprint density at radius 2 is 1.93 bits per heavy atom. The number of thiophene rings is 1. The van der Waals surface area contributed by atoms with Crippen molar-refractivity contribution in [2.24, 2.45) is 0 Å². The van der Waals surface area contributed by atoms with Crippen LogP contribution in [0.3, 0.4) is 0 Å². The lowest BCUT2D eigenvalue weighted by molar-refractivity contribution is -0.146. The standard InChI is InChI=1S/C26H28F2N5O6PS/c27-26(28,40(37,38)39)16-4-7-21-15(10-16)11-22(41-21)23(34)30-19-3-1-2-17-5-6-20(33(17)24(19)35)25(36)31-8-9-32-14-29-12-18(32)13-31/h4,7,10-12,14,17,19-20H,1-3,5-6,8-9,13H2,(H,30,34)(H2,37,38,39)/t17-,19-,20-/m0/s1. The van der Waals surface area contributed by atoms with Gasteiger partial charge in [0.05, 0.1) is 23.4 Å². The molecule has 2 fully saturated rings. The molecular weight excluding hydrogens is 579 g/mol. The van der Waals surface area contributed by atoms with E-state index in [1.54, 1.807) is 22.3 Å². The first-order valence-corrected chi connectivity index (χ1v) is 15.8. The molecule has 41 heavy (non-hydrogen) atoms. The summed E-state index contributed by atoms with van der Waals surface area (Å²) < 4.78 is 42.1. The monoisotopic (exact) mass is 607 g/mol. The van der Waals surface area contributed by atoms with Crippen molar-refractivity contribution < 1.29 is 37.5 Å². The van der Waals surface area contributed by atoms with E-state index >= 15 is 0 Å². The van der Waals surface area contributed by atoms with E-state index in [1.807, 2.05) is 4.57 Å². The number of amides is 3. The molecule has 0 aliphatic carbocycles. The normalized spacial score (nSPS) is 23.3. The van der Waals surface area contributed by atoms with E-state index in [1.165, 1.54) is 12.1 Å². The van der Waals surface area contributed by atoms with Gasteiger partial charge in [-0.3, -0.25) is 18.9 Å². The number of carbonyl (C=O) groups is 3. The van der Waals surface area contributed by atoms with Crippen LogP contribution in [0.25, 0.3) is 10.1 Å². The maximum Gasteiger partial charge on any atom is 0.399 e. The molecule has 3 amide bonds.